The summed E-state index contributed by atoms with van der Waals surface area (Å²) in [5, 5.41) is 7.77. The summed E-state index contributed by atoms with van der Waals surface area (Å²) >= 11 is 0. The van der Waals surface area contributed by atoms with Crippen molar-refractivity contribution in [1.82, 2.24) is 14.8 Å². The number of carbonyl (C=O) groups is 1. The zero-order valence-corrected chi connectivity index (χ0v) is 17.5. The number of carbonyl (C=O) groups excluding carboxylic acids is 1. The Hall–Kier alpha value is -3.53. The van der Waals surface area contributed by atoms with E-state index < -0.39 is 46.5 Å². The molecular weight excluding hydrogens is 454 g/mol. The van der Waals surface area contributed by atoms with Gasteiger partial charge in [-0.3, -0.25) is 4.79 Å². The van der Waals surface area contributed by atoms with Crippen LogP contribution in [0.5, 0.6) is 5.75 Å². The summed E-state index contributed by atoms with van der Waals surface area (Å²) in [6.07, 6.45) is -7.54. The Morgan fingerprint density at radius 3 is 2.18 bits per heavy atom. The molecule has 1 aromatic carbocycles. The Morgan fingerprint density at radius 1 is 1.06 bits per heavy atom. The van der Waals surface area contributed by atoms with Crippen LogP contribution < -0.4 is 10.5 Å². The molecule has 12 heteroatoms. The van der Waals surface area contributed by atoms with E-state index in [0.717, 1.165) is 30.3 Å². The average Bonchev–Trinajstić information content (AvgIpc) is 3.08. The van der Waals surface area contributed by atoms with Crippen molar-refractivity contribution < 1.29 is 35.9 Å². The van der Waals surface area contributed by atoms with Gasteiger partial charge in [0, 0.05) is 7.05 Å². The lowest BCUT2D eigenvalue weighted by molar-refractivity contribution is -0.137. The molecule has 3 rings (SSSR count). The van der Waals surface area contributed by atoms with Crippen molar-refractivity contribution in [1.29, 1.82) is 0 Å². The van der Waals surface area contributed by atoms with Gasteiger partial charge in [0.1, 0.15) is 5.75 Å². The first-order valence-corrected chi connectivity index (χ1v) is 9.43. The molecule has 2 aromatic rings. The number of nitrogens with two attached hydrogens (primary N) is 1. The molecule has 176 valence electrons. The first kappa shape index (κ1) is 24.1. The molecule has 0 bridgehead atoms. The van der Waals surface area contributed by atoms with Crippen molar-refractivity contribution in [2.24, 2.45) is 18.7 Å². The Morgan fingerprint density at radius 2 is 1.67 bits per heavy atom. The Kier molecular flexibility index (Phi) is 5.93. The number of alkyl halides is 6. The number of rotatable bonds is 5. The molecule has 1 unspecified atom stereocenters. The molecular formula is C21H18F6N4O2. The van der Waals surface area contributed by atoms with Gasteiger partial charge in [0.2, 0.25) is 5.91 Å². The molecule has 0 saturated heterocycles. The molecule has 2 N–H and O–H groups in total. The van der Waals surface area contributed by atoms with E-state index in [2.05, 4.69) is 15.9 Å². The fourth-order valence-electron chi connectivity index (χ4n) is 3.27. The molecule has 0 aliphatic heterocycles. The van der Waals surface area contributed by atoms with Gasteiger partial charge in [0.05, 0.1) is 22.6 Å². The number of allylic oxidation sites excluding steroid dienone is 1. The van der Waals surface area contributed by atoms with Crippen molar-refractivity contribution in [3.8, 4) is 5.75 Å². The van der Waals surface area contributed by atoms with Crippen LogP contribution in [-0.4, -0.2) is 26.8 Å². The summed E-state index contributed by atoms with van der Waals surface area (Å²) in [6, 6.07) is 3.95. The van der Waals surface area contributed by atoms with Gasteiger partial charge in [-0.1, -0.05) is 6.08 Å². The molecule has 1 amide bonds. The minimum Gasteiger partial charge on any atom is -0.480 e. The standard InChI is InChI=1S/C21H18F6N4O2/c1-19(2,33-13-7-5-12(6-8-13)20(22,23)24)18-30-29-17(31(18)3)14-9-4-11(16(28)32)10-15(14)21(25,26)27/h4-8,10-11H,1-3H3,(H2,28,32). The summed E-state index contributed by atoms with van der Waals surface area (Å²) in [5.74, 6) is -2.25. The van der Waals surface area contributed by atoms with E-state index in [-0.39, 0.29) is 17.4 Å². The highest BCUT2D eigenvalue weighted by molar-refractivity contribution is 5.86. The molecule has 6 nitrogen and oxygen atoms in total. The second-order valence-corrected chi connectivity index (χ2v) is 7.73. The minimum atomic E-state index is -4.82. The lowest BCUT2D eigenvalue weighted by Gasteiger charge is -2.26. The minimum absolute atomic E-state index is 0.0921. The third-order valence-electron chi connectivity index (χ3n) is 4.85. The maximum Gasteiger partial charge on any atom is 0.417 e. The molecule has 1 aliphatic rings. The molecule has 0 fully saturated rings. The van der Waals surface area contributed by atoms with Gasteiger partial charge in [-0.15, -0.1) is 15.9 Å². The monoisotopic (exact) mass is 472 g/mol. The zero-order chi connectivity index (χ0) is 24.8. The van der Waals surface area contributed by atoms with Gasteiger partial charge in [0.25, 0.3) is 0 Å². The first-order chi connectivity index (χ1) is 15.1. The van der Waals surface area contributed by atoms with E-state index in [1.807, 2.05) is 0 Å². The number of benzene rings is 1. The van der Waals surface area contributed by atoms with Crippen LogP contribution in [0.25, 0.3) is 5.57 Å². The zero-order valence-electron chi connectivity index (χ0n) is 17.5. The summed E-state index contributed by atoms with van der Waals surface area (Å²) in [6.45, 7) is 3.07. The van der Waals surface area contributed by atoms with E-state index in [9.17, 15) is 31.1 Å². The Bertz CT molecular complexity index is 1170. The SMILES string of the molecule is Cn1c(C2=C=CC(C(N)=O)C=C2C(F)(F)F)nnc1C(C)(C)Oc1ccc(C(F)(F)F)cc1. The average molecular weight is 472 g/mol. The molecule has 1 atom stereocenters. The van der Waals surface area contributed by atoms with Gasteiger partial charge < -0.3 is 15.0 Å². The smallest absolute Gasteiger partial charge is 0.417 e. The predicted octanol–water partition coefficient (Wildman–Crippen LogP) is 4.29. The van der Waals surface area contributed by atoms with Gasteiger partial charge >= 0.3 is 12.4 Å². The van der Waals surface area contributed by atoms with E-state index >= 15 is 0 Å². The summed E-state index contributed by atoms with van der Waals surface area (Å²) in [7, 11) is 1.41. The van der Waals surface area contributed by atoms with E-state index in [1.165, 1.54) is 25.5 Å². The molecule has 0 spiro atoms. The van der Waals surface area contributed by atoms with Gasteiger partial charge in [-0.2, -0.15) is 26.3 Å². The largest absolute Gasteiger partial charge is 0.480 e. The lowest BCUT2D eigenvalue weighted by Crippen LogP contribution is -2.29. The van der Waals surface area contributed by atoms with Crippen LogP contribution in [0.1, 0.15) is 31.1 Å². The number of nitrogens with zero attached hydrogens (tertiary/aromatic N) is 3. The summed E-state index contributed by atoms with van der Waals surface area (Å²) in [4.78, 5) is 11.3. The fourth-order valence-corrected chi connectivity index (χ4v) is 3.27. The summed E-state index contributed by atoms with van der Waals surface area (Å²) < 4.78 is 86.2. The molecule has 33 heavy (non-hydrogen) atoms. The highest BCUT2D eigenvalue weighted by Gasteiger charge is 2.41. The number of aromatic nitrogens is 3. The number of hydrogen-bond donors (Lipinski definition) is 1. The maximum atomic E-state index is 13.6. The highest BCUT2D eigenvalue weighted by atomic mass is 19.4. The number of primary amides is 1. The fraction of sp³-hybridized carbons (Fsp3) is 0.333. The van der Waals surface area contributed by atoms with Crippen LogP contribution in [0.15, 0.2) is 47.7 Å². The maximum absolute atomic E-state index is 13.6. The van der Waals surface area contributed by atoms with E-state index in [4.69, 9.17) is 10.5 Å². The van der Waals surface area contributed by atoms with Crippen LogP contribution in [0, 0.1) is 5.92 Å². The van der Waals surface area contributed by atoms with E-state index in [1.54, 1.807) is 0 Å². The lowest BCUT2D eigenvalue weighted by atomic mass is 9.94. The quantitative estimate of drug-likeness (QED) is 0.520. The first-order valence-electron chi connectivity index (χ1n) is 9.43. The normalized spacial score (nSPS) is 16.9. The summed E-state index contributed by atoms with van der Waals surface area (Å²) in [5.41, 5.74) is 3.82. The Labute approximate surface area is 184 Å². The van der Waals surface area contributed by atoms with Crippen molar-refractivity contribution in [3.63, 3.8) is 0 Å². The molecule has 1 aliphatic carbocycles. The second kappa shape index (κ2) is 8.11. The van der Waals surface area contributed by atoms with Crippen LogP contribution in [0.4, 0.5) is 26.3 Å². The van der Waals surface area contributed by atoms with E-state index in [0.29, 0.717) is 6.08 Å². The van der Waals surface area contributed by atoms with Gasteiger partial charge in [-0.05, 0) is 44.2 Å². The van der Waals surface area contributed by atoms with Crippen LogP contribution in [-0.2, 0) is 23.6 Å². The van der Waals surface area contributed by atoms with Gasteiger partial charge in [-0.25, -0.2) is 0 Å². The number of amides is 1. The van der Waals surface area contributed by atoms with Crippen LogP contribution in [0.3, 0.4) is 0 Å². The van der Waals surface area contributed by atoms with Crippen LogP contribution >= 0.6 is 0 Å². The molecule has 0 radical (unpaired) electrons. The van der Waals surface area contributed by atoms with Crippen molar-refractivity contribution >= 4 is 11.5 Å². The van der Waals surface area contributed by atoms with Crippen molar-refractivity contribution in [2.45, 2.75) is 31.8 Å². The molecule has 1 aromatic heterocycles. The number of ether oxygens (including phenoxy) is 1. The van der Waals surface area contributed by atoms with Crippen molar-refractivity contribution in [2.75, 3.05) is 0 Å². The highest BCUT2D eigenvalue weighted by Crippen LogP contribution is 2.39. The van der Waals surface area contributed by atoms with Crippen molar-refractivity contribution in [3.05, 3.63) is 64.9 Å². The predicted molar refractivity (Wildman–Crippen MR) is 104 cm³/mol. The third kappa shape index (κ3) is 4.95. The Balaban J connectivity index is 1.96. The second-order valence-electron chi connectivity index (χ2n) is 7.73. The number of hydrogen-bond acceptors (Lipinski definition) is 4. The van der Waals surface area contributed by atoms with Gasteiger partial charge in [0.15, 0.2) is 17.2 Å². The molecule has 0 saturated carbocycles. The van der Waals surface area contributed by atoms with Crippen LogP contribution in [0.2, 0.25) is 0 Å². The number of halogens is 6. The molecule has 1 heterocycles. The third-order valence-corrected chi connectivity index (χ3v) is 4.85. The topological polar surface area (TPSA) is 83.0 Å².